The minimum atomic E-state index is 0.232. The lowest BCUT2D eigenvalue weighted by atomic mass is 9.94. The number of methoxy groups -OCH3 is 2. The molecule has 0 bridgehead atoms. The Labute approximate surface area is 116 Å². The fourth-order valence-corrected chi connectivity index (χ4v) is 2.41. The smallest absolute Gasteiger partial charge is 0.122 e. The Morgan fingerprint density at radius 2 is 1.74 bits per heavy atom. The Kier molecular flexibility index (Phi) is 4.52. The first-order valence-corrected chi connectivity index (χ1v) is 7.15. The highest BCUT2D eigenvalue weighted by Gasteiger charge is 2.42. The molecule has 0 radical (unpaired) electrons. The van der Waals surface area contributed by atoms with Gasteiger partial charge in [0.2, 0.25) is 0 Å². The van der Waals surface area contributed by atoms with Gasteiger partial charge in [-0.1, -0.05) is 31.9 Å². The predicted octanol–water partition coefficient (Wildman–Crippen LogP) is 4.48. The quantitative estimate of drug-likeness (QED) is 0.531. The average molecular weight is 260 g/mol. The van der Waals surface area contributed by atoms with Gasteiger partial charge < -0.3 is 9.47 Å². The topological polar surface area (TPSA) is 18.5 Å². The van der Waals surface area contributed by atoms with E-state index in [1.165, 1.54) is 37.7 Å². The lowest BCUT2D eigenvalue weighted by Crippen LogP contribution is -2.03. The molecule has 0 N–H and O–H groups in total. The third kappa shape index (κ3) is 3.31. The van der Waals surface area contributed by atoms with Crippen LogP contribution in [0.15, 0.2) is 30.4 Å². The molecule has 1 aliphatic rings. The Bertz CT molecular complexity index is 422. The highest BCUT2D eigenvalue weighted by atomic mass is 16.5. The number of ether oxygens (including phenoxy) is 2. The molecule has 0 aromatic heterocycles. The standard InChI is InChI=1S/C17H24O2/c1-4-5-6-7-8-17(9-10-17)14-11-15(18-2)13-16(12-14)19-3/h7-8,11-13H,4-6,9-10H2,1-3H3/b8-7+. The summed E-state index contributed by atoms with van der Waals surface area (Å²) in [6.07, 6.45) is 10.9. The SMILES string of the molecule is CCCC/C=C/C1(c2cc(OC)cc(OC)c2)CC1. The van der Waals surface area contributed by atoms with Crippen LogP contribution in [0.3, 0.4) is 0 Å². The minimum absolute atomic E-state index is 0.232. The average Bonchev–Trinajstić information content (AvgIpc) is 3.24. The normalized spacial score (nSPS) is 16.6. The molecule has 1 aromatic carbocycles. The van der Waals surface area contributed by atoms with Crippen molar-refractivity contribution in [2.24, 2.45) is 0 Å². The van der Waals surface area contributed by atoms with Crippen LogP contribution in [0.5, 0.6) is 11.5 Å². The van der Waals surface area contributed by atoms with Crippen molar-refractivity contribution in [2.75, 3.05) is 14.2 Å². The molecule has 1 saturated carbocycles. The number of hydrogen-bond donors (Lipinski definition) is 0. The number of unbranched alkanes of at least 4 members (excludes halogenated alkanes) is 2. The van der Waals surface area contributed by atoms with Gasteiger partial charge in [0.15, 0.2) is 0 Å². The van der Waals surface area contributed by atoms with Gasteiger partial charge in [0, 0.05) is 11.5 Å². The number of hydrogen-bond acceptors (Lipinski definition) is 2. The van der Waals surface area contributed by atoms with Gasteiger partial charge in [-0.15, -0.1) is 0 Å². The zero-order chi connectivity index (χ0) is 13.7. The van der Waals surface area contributed by atoms with Crippen molar-refractivity contribution >= 4 is 0 Å². The maximum Gasteiger partial charge on any atom is 0.122 e. The third-order valence-electron chi connectivity index (χ3n) is 3.88. The molecule has 0 amide bonds. The maximum atomic E-state index is 5.36. The van der Waals surface area contributed by atoms with Crippen LogP contribution in [0.4, 0.5) is 0 Å². The molecule has 0 spiro atoms. The summed E-state index contributed by atoms with van der Waals surface area (Å²) >= 11 is 0. The summed E-state index contributed by atoms with van der Waals surface area (Å²) in [5, 5.41) is 0. The van der Waals surface area contributed by atoms with E-state index in [0.717, 1.165) is 11.5 Å². The number of allylic oxidation sites excluding steroid dienone is 2. The maximum absolute atomic E-state index is 5.36. The second-order valence-electron chi connectivity index (χ2n) is 5.30. The highest BCUT2D eigenvalue weighted by molar-refractivity contribution is 5.46. The first-order chi connectivity index (χ1) is 9.24. The van der Waals surface area contributed by atoms with E-state index in [1.807, 2.05) is 6.07 Å². The Balaban J connectivity index is 2.18. The van der Waals surface area contributed by atoms with Crippen LogP contribution in [-0.2, 0) is 5.41 Å². The number of rotatable bonds is 7. The van der Waals surface area contributed by atoms with Crippen LogP contribution in [0.25, 0.3) is 0 Å². The van der Waals surface area contributed by atoms with Crippen molar-refractivity contribution in [1.82, 2.24) is 0 Å². The second kappa shape index (κ2) is 6.14. The number of benzene rings is 1. The van der Waals surface area contributed by atoms with Gasteiger partial charge in [0.05, 0.1) is 14.2 Å². The van der Waals surface area contributed by atoms with Crippen molar-refractivity contribution in [3.05, 3.63) is 35.9 Å². The molecule has 2 heteroatoms. The van der Waals surface area contributed by atoms with Gasteiger partial charge >= 0.3 is 0 Å². The molecule has 0 unspecified atom stereocenters. The molecule has 2 nitrogen and oxygen atoms in total. The molecule has 0 aliphatic heterocycles. The molecular weight excluding hydrogens is 236 g/mol. The van der Waals surface area contributed by atoms with E-state index in [-0.39, 0.29) is 5.41 Å². The molecule has 19 heavy (non-hydrogen) atoms. The van der Waals surface area contributed by atoms with Gasteiger partial charge in [-0.2, -0.15) is 0 Å². The molecule has 0 heterocycles. The van der Waals surface area contributed by atoms with E-state index in [9.17, 15) is 0 Å². The van der Waals surface area contributed by atoms with Crippen LogP contribution in [-0.4, -0.2) is 14.2 Å². The molecule has 1 fully saturated rings. The van der Waals surface area contributed by atoms with Gasteiger partial charge in [-0.3, -0.25) is 0 Å². The predicted molar refractivity (Wildman–Crippen MR) is 79.1 cm³/mol. The largest absolute Gasteiger partial charge is 0.497 e. The molecular formula is C17H24O2. The summed E-state index contributed by atoms with van der Waals surface area (Å²) in [5.41, 5.74) is 1.55. The van der Waals surface area contributed by atoms with Crippen molar-refractivity contribution < 1.29 is 9.47 Å². The zero-order valence-electron chi connectivity index (χ0n) is 12.2. The third-order valence-corrected chi connectivity index (χ3v) is 3.88. The lowest BCUT2D eigenvalue weighted by Gasteiger charge is -2.14. The van der Waals surface area contributed by atoms with Gasteiger partial charge in [-0.05, 0) is 37.0 Å². The van der Waals surface area contributed by atoms with Crippen LogP contribution < -0.4 is 9.47 Å². The van der Waals surface area contributed by atoms with E-state index < -0.39 is 0 Å². The zero-order valence-corrected chi connectivity index (χ0v) is 12.2. The van der Waals surface area contributed by atoms with Crippen molar-refractivity contribution in [1.29, 1.82) is 0 Å². The lowest BCUT2D eigenvalue weighted by molar-refractivity contribution is 0.393. The van der Waals surface area contributed by atoms with Crippen LogP contribution >= 0.6 is 0 Å². The fraction of sp³-hybridized carbons (Fsp3) is 0.529. The molecule has 2 rings (SSSR count). The Morgan fingerprint density at radius 1 is 1.11 bits per heavy atom. The summed E-state index contributed by atoms with van der Waals surface area (Å²) in [5.74, 6) is 1.75. The molecule has 104 valence electrons. The Morgan fingerprint density at radius 3 is 2.21 bits per heavy atom. The summed E-state index contributed by atoms with van der Waals surface area (Å²) in [4.78, 5) is 0. The van der Waals surface area contributed by atoms with Gasteiger partial charge in [-0.25, -0.2) is 0 Å². The highest BCUT2D eigenvalue weighted by Crippen LogP contribution is 2.51. The van der Waals surface area contributed by atoms with E-state index in [2.05, 4.69) is 31.2 Å². The molecule has 0 saturated heterocycles. The first kappa shape index (κ1) is 14.0. The van der Waals surface area contributed by atoms with Gasteiger partial charge in [0.1, 0.15) is 11.5 Å². The molecule has 0 atom stereocenters. The minimum Gasteiger partial charge on any atom is -0.497 e. The van der Waals surface area contributed by atoms with E-state index in [1.54, 1.807) is 14.2 Å². The van der Waals surface area contributed by atoms with E-state index in [0.29, 0.717) is 0 Å². The second-order valence-corrected chi connectivity index (χ2v) is 5.30. The van der Waals surface area contributed by atoms with Crippen LogP contribution in [0.2, 0.25) is 0 Å². The summed E-state index contributed by atoms with van der Waals surface area (Å²) in [7, 11) is 3.41. The van der Waals surface area contributed by atoms with Crippen LogP contribution in [0.1, 0.15) is 44.6 Å². The summed E-state index contributed by atoms with van der Waals surface area (Å²) in [6.45, 7) is 2.23. The van der Waals surface area contributed by atoms with E-state index >= 15 is 0 Å². The first-order valence-electron chi connectivity index (χ1n) is 7.15. The fourth-order valence-electron chi connectivity index (χ4n) is 2.41. The van der Waals surface area contributed by atoms with Crippen molar-refractivity contribution in [3.63, 3.8) is 0 Å². The Hall–Kier alpha value is -1.44. The van der Waals surface area contributed by atoms with Crippen molar-refractivity contribution in [3.8, 4) is 11.5 Å². The molecule has 1 aromatic rings. The van der Waals surface area contributed by atoms with E-state index in [4.69, 9.17) is 9.47 Å². The summed E-state index contributed by atoms with van der Waals surface area (Å²) < 4.78 is 10.7. The van der Waals surface area contributed by atoms with Crippen LogP contribution in [0, 0.1) is 0 Å². The summed E-state index contributed by atoms with van der Waals surface area (Å²) in [6, 6.07) is 6.21. The van der Waals surface area contributed by atoms with Crippen molar-refractivity contribution in [2.45, 2.75) is 44.4 Å². The monoisotopic (exact) mass is 260 g/mol. The molecule has 1 aliphatic carbocycles. The van der Waals surface area contributed by atoms with Gasteiger partial charge in [0.25, 0.3) is 0 Å².